The first kappa shape index (κ1) is 15.8. The van der Waals surface area contributed by atoms with E-state index in [4.69, 9.17) is 0 Å². The Bertz CT molecular complexity index is 556. The van der Waals surface area contributed by atoms with Gasteiger partial charge < -0.3 is 10.0 Å². The third kappa shape index (κ3) is 2.65. The molecule has 1 aromatic rings. The number of piperidine rings is 2. The molecule has 2 saturated heterocycles. The van der Waals surface area contributed by atoms with Crippen molar-refractivity contribution >= 4 is 0 Å². The number of alkyl halides is 3. The van der Waals surface area contributed by atoms with Crippen LogP contribution in [-0.2, 0) is 11.8 Å². The molecule has 1 N–H and O–H groups in total. The Kier molecular flexibility index (Phi) is 3.76. The van der Waals surface area contributed by atoms with Crippen LogP contribution in [-0.4, -0.2) is 29.1 Å². The first-order valence-electron chi connectivity index (χ1n) is 7.83. The first-order chi connectivity index (χ1) is 10.2. The van der Waals surface area contributed by atoms with E-state index in [2.05, 4.69) is 11.9 Å². The fourth-order valence-electron chi connectivity index (χ4n) is 4.23. The molecule has 0 saturated carbocycles. The molecule has 0 spiro atoms. The minimum Gasteiger partial charge on any atom is -0.385 e. The SMILES string of the molecule is Cc1cc(C(F)(F)F)ccc1C1(O)CC2CCCC(C1)N2C. The lowest BCUT2D eigenvalue weighted by atomic mass is 9.72. The number of halogens is 3. The molecule has 0 radical (unpaired) electrons. The topological polar surface area (TPSA) is 23.5 Å². The van der Waals surface area contributed by atoms with Crippen molar-refractivity contribution in [3.05, 3.63) is 34.9 Å². The van der Waals surface area contributed by atoms with Crippen LogP contribution in [0.1, 0.15) is 48.8 Å². The van der Waals surface area contributed by atoms with Crippen LogP contribution in [0.25, 0.3) is 0 Å². The van der Waals surface area contributed by atoms with E-state index in [0.29, 0.717) is 36.1 Å². The summed E-state index contributed by atoms with van der Waals surface area (Å²) < 4.78 is 38.4. The molecule has 2 aliphatic rings. The van der Waals surface area contributed by atoms with Crippen molar-refractivity contribution in [3.63, 3.8) is 0 Å². The summed E-state index contributed by atoms with van der Waals surface area (Å²) in [6, 6.07) is 4.35. The minimum absolute atomic E-state index is 0.319. The Morgan fingerprint density at radius 3 is 2.27 bits per heavy atom. The van der Waals surface area contributed by atoms with Crippen molar-refractivity contribution in [2.24, 2.45) is 0 Å². The normalized spacial score (nSPS) is 33.0. The third-order valence-electron chi connectivity index (χ3n) is 5.43. The second-order valence-corrected chi connectivity index (χ2v) is 6.87. The number of hydrogen-bond donors (Lipinski definition) is 1. The van der Waals surface area contributed by atoms with E-state index >= 15 is 0 Å². The lowest BCUT2D eigenvalue weighted by Crippen LogP contribution is -2.55. The Morgan fingerprint density at radius 1 is 1.18 bits per heavy atom. The van der Waals surface area contributed by atoms with E-state index in [1.807, 2.05) is 0 Å². The molecule has 0 aliphatic carbocycles. The molecule has 0 aromatic heterocycles. The van der Waals surface area contributed by atoms with E-state index in [1.165, 1.54) is 12.5 Å². The van der Waals surface area contributed by atoms with E-state index in [1.54, 1.807) is 6.92 Å². The van der Waals surface area contributed by atoms with Crippen LogP contribution in [0.2, 0.25) is 0 Å². The Balaban J connectivity index is 1.93. The highest BCUT2D eigenvalue weighted by atomic mass is 19.4. The van der Waals surface area contributed by atoms with E-state index in [9.17, 15) is 18.3 Å². The van der Waals surface area contributed by atoms with Crippen molar-refractivity contribution in [2.45, 2.75) is 62.9 Å². The molecular formula is C17H22F3NO. The molecule has 1 aromatic carbocycles. The molecule has 2 fully saturated rings. The van der Waals surface area contributed by atoms with Gasteiger partial charge in [0, 0.05) is 12.1 Å². The van der Waals surface area contributed by atoms with Gasteiger partial charge in [0.25, 0.3) is 0 Å². The van der Waals surface area contributed by atoms with Gasteiger partial charge in [0.15, 0.2) is 0 Å². The Hall–Kier alpha value is -1.07. The number of aliphatic hydroxyl groups is 1. The highest BCUT2D eigenvalue weighted by molar-refractivity contribution is 5.37. The predicted molar refractivity (Wildman–Crippen MR) is 78.5 cm³/mol. The van der Waals surface area contributed by atoms with Gasteiger partial charge in [-0.05, 0) is 62.9 Å². The maximum atomic E-state index is 12.8. The average Bonchev–Trinajstić information content (AvgIpc) is 2.39. The maximum Gasteiger partial charge on any atom is 0.416 e. The third-order valence-corrected chi connectivity index (χ3v) is 5.43. The quantitative estimate of drug-likeness (QED) is 0.851. The van der Waals surface area contributed by atoms with E-state index in [-0.39, 0.29) is 0 Å². The van der Waals surface area contributed by atoms with Gasteiger partial charge in [0.2, 0.25) is 0 Å². The summed E-state index contributed by atoms with van der Waals surface area (Å²) in [7, 11) is 2.09. The number of benzene rings is 1. The fourth-order valence-corrected chi connectivity index (χ4v) is 4.23. The van der Waals surface area contributed by atoms with Gasteiger partial charge >= 0.3 is 6.18 Å². The van der Waals surface area contributed by atoms with Crippen LogP contribution in [0.3, 0.4) is 0 Å². The smallest absolute Gasteiger partial charge is 0.385 e. The van der Waals surface area contributed by atoms with Crippen LogP contribution < -0.4 is 0 Å². The largest absolute Gasteiger partial charge is 0.416 e. The van der Waals surface area contributed by atoms with Crippen molar-refractivity contribution < 1.29 is 18.3 Å². The number of aryl methyl sites for hydroxylation is 1. The van der Waals surface area contributed by atoms with Crippen LogP contribution in [0, 0.1) is 6.92 Å². The van der Waals surface area contributed by atoms with Gasteiger partial charge in [0.1, 0.15) is 0 Å². The molecular weight excluding hydrogens is 291 g/mol. The summed E-state index contributed by atoms with van der Waals surface area (Å²) in [6.45, 7) is 1.66. The zero-order chi connectivity index (χ0) is 16.1. The van der Waals surface area contributed by atoms with Crippen molar-refractivity contribution in [1.82, 2.24) is 4.90 Å². The lowest BCUT2D eigenvalue weighted by Gasteiger charge is -2.51. The van der Waals surface area contributed by atoms with Crippen LogP contribution in [0.5, 0.6) is 0 Å². The van der Waals surface area contributed by atoms with Gasteiger partial charge in [-0.2, -0.15) is 13.2 Å². The lowest BCUT2D eigenvalue weighted by molar-refractivity contribution is -0.137. The summed E-state index contributed by atoms with van der Waals surface area (Å²) in [4.78, 5) is 2.33. The molecule has 2 nitrogen and oxygen atoms in total. The van der Waals surface area contributed by atoms with Crippen molar-refractivity contribution in [2.75, 3.05) is 7.05 Å². The second kappa shape index (κ2) is 5.24. The van der Waals surface area contributed by atoms with Gasteiger partial charge in [-0.3, -0.25) is 0 Å². The molecule has 3 rings (SSSR count). The van der Waals surface area contributed by atoms with Crippen molar-refractivity contribution in [1.29, 1.82) is 0 Å². The summed E-state index contributed by atoms with van der Waals surface area (Å²) >= 11 is 0. The molecule has 2 bridgehead atoms. The van der Waals surface area contributed by atoms with Gasteiger partial charge in [-0.15, -0.1) is 0 Å². The van der Waals surface area contributed by atoms with Gasteiger partial charge in [-0.1, -0.05) is 12.5 Å². The van der Waals surface area contributed by atoms with E-state index in [0.717, 1.165) is 25.0 Å². The Morgan fingerprint density at radius 2 is 1.77 bits per heavy atom. The summed E-state index contributed by atoms with van der Waals surface area (Å²) in [5.74, 6) is 0. The highest BCUT2D eigenvalue weighted by Gasteiger charge is 2.45. The molecule has 2 unspecified atom stereocenters. The minimum atomic E-state index is -4.34. The molecule has 122 valence electrons. The van der Waals surface area contributed by atoms with Crippen molar-refractivity contribution in [3.8, 4) is 0 Å². The standard InChI is InChI=1S/C17H22F3NO/c1-11-8-12(17(18,19)20)6-7-15(11)16(22)9-13-4-3-5-14(10-16)21(13)2/h6-8,13-14,22H,3-5,9-10H2,1-2H3. The monoisotopic (exact) mass is 313 g/mol. The van der Waals surface area contributed by atoms with Gasteiger partial charge in [0.05, 0.1) is 11.2 Å². The molecule has 2 aliphatic heterocycles. The number of hydrogen-bond acceptors (Lipinski definition) is 2. The van der Waals surface area contributed by atoms with Gasteiger partial charge in [-0.25, -0.2) is 0 Å². The molecule has 2 heterocycles. The number of fused-ring (bicyclic) bond motifs is 2. The molecule has 0 amide bonds. The van der Waals surface area contributed by atoms with Crippen LogP contribution >= 0.6 is 0 Å². The fraction of sp³-hybridized carbons (Fsp3) is 0.647. The maximum absolute atomic E-state index is 12.8. The summed E-state index contributed by atoms with van der Waals surface area (Å²) in [5, 5.41) is 11.1. The number of nitrogens with zero attached hydrogens (tertiary/aromatic N) is 1. The molecule has 2 atom stereocenters. The average molecular weight is 313 g/mol. The number of rotatable bonds is 1. The van der Waals surface area contributed by atoms with Crippen LogP contribution in [0.4, 0.5) is 13.2 Å². The predicted octanol–water partition coefficient (Wildman–Crippen LogP) is 3.85. The Labute approximate surface area is 128 Å². The second-order valence-electron chi connectivity index (χ2n) is 6.87. The zero-order valence-corrected chi connectivity index (χ0v) is 13.0. The first-order valence-corrected chi connectivity index (χ1v) is 7.83. The van der Waals surface area contributed by atoms with E-state index < -0.39 is 17.3 Å². The zero-order valence-electron chi connectivity index (χ0n) is 13.0. The highest BCUT2D eigenvalue weighted by Crippen LogP contribution is 2.45. The summed E-state index contributed by atoms with van der Waals surface area (Å²) in [5.41, 5.74) is -0.466. The van der Waals surface area contributed by atoms with Crippen LogP contribution in [0.15, 0.2) is 18.2 Å². The molecule has 5 heteroatoms. The molecule has 22 heavy (non-hydrogen) atoms. The summed E-state index contributed by atoms with van der Waals surface area (Å²) in [6.07, 6.45) is 0.138.